The number of halogens is 1. The lowest BCUT2D eigenvalue weighted by Gasteiger charge is -2.35. The molecule has 0 aliphatic heterocycles. The molecule has 1 aliphatic rings. The van der Waals surface area contributed by atoms with Crippen molar-refractivity contribution < 1.29 is 27.3 Å². The smallest absolute Gasteiger partial charge is 0.271 e. The molecule has 0 spiro atoms. The summed E-state index contributed by atoms with van der Waals surface area (Å²) in [5.41, 5.74) is 0.408. The van der Waals surface area contributed by atoms with E-state index in [0.717, 1.165) is 48.0 Å². The van der Waals surface area contributed by atoms with Crippen molar-refractivity contribution in [1.29, 1.82) is 0 Å². The van der Waals surface area contributed by atoms with Crippen LogP contribution in [0.25, 0.3) is 0 Å². The van der Waals surface area contributed by atoms with Crippen LogP contribution in [0.15, 0.2) is 114 Å². The molecule has 12 heteroatoms. The van der Waals surface area contributed by atoms with E-state index in [1.165, 1.54) is 65.6 Å². The van der Waals surface area contributed by atoms with Gasteiger partial charge in [0.25, 0.3) is 15.7 Å². The summed E-state index contributed by atoms with van der Waals surface area (Å²) in [4.78, 5) is 40.7. The number of non-ortho nitro benzene ring substituents is 1. The van der Waals surface area contributed by atoms with Crippen LogP contribution >= 0.6 is 0 Å². The number of amides is 2. The molecule has 1 saturated carbocycles. The average Bonchev–Trinajstić information content (AvgIpc) is 3.10. The second-order valence-corrected chi connectivity index (χ2v) is 13.6. The molecular formula is C36H37FN4O6S. The Bertz CT molecular complexity index is 1840. The van der Waals surface area contributed by atoms with Crippen molar-refractivity contribution in [2.75, 3.05) is 10.8 Å². The average molecular weight is 673 g/mol. The Morgan fingerprint density at radius 2 is 1.52 bits per heavy atom. The van der Waals surface area contributed by atoms with Crippen LogP contribution in [0.5, 0.6) is 0 Å². The number of nitrogens with one attached hydrogen (secondary N) is 1. The minimum atomic E-state index is -4.45. The van der Waals surface area contributed by atoms with E-state index in [1.54, 1.807) is 12.1 Å². The molecule has 1 aliphatic carbocycles. The van der Waals surface area contributed by atoms with E-state index in [2.05, 4.69) is 5.32 Å². The molecule has 1 unspecified atom stereocenters. The zero-order chi connectivity index (χ0) is 34.1. The number of carbonyl (C=O) groups is 2. The van der Waals surface area contributed by atoms with Crippen LogP contribution < -0.4 is 9.62 Å². The third-order valence-electron chi connectivity index (χ3n) is 8.46. The Kier molecular flexibility index (Phi) is 11.2. The third-order valence-corrected chi connectivity index (χ3v) is 10.2. The summed E-state index contributed by atoms with van der Waals surface area (Å²) in [5.74, 6) is -1.80. The van der Waals surface area contributed by atoms with Crippen molar-refractivity contribution in [1.82, 2.24) is 10.2 Å². The van der Waals surface area contributed by atoms with Gasteiger partial charge in [-0.3, -0.25) is 24.0 Å². The normalized spacial score (nSPS) is 14.1. The first-order valence-electron chi connectivity index (χ1n) is 15.8. The molecule has 0 bridgehead atoms. The number of carbonyl (C=O) groups excluding carboxylic acids is 2. The summed E-state index contributed by atoms with van der Waals surface area (Å²) in [6.07, 6.45) is 4.66. The number of sulfonamides is 1. The maximum absolute atomic E-state index is 15.1. The summed E-state index contributed by atoms with van der Waals surface area (Å²) in [6, 6.07) is 26.1. The van der Waals surface area contributed by atoms with E-state index in [1.807, 2.05) is 30.3 Å². The Morgan fingerprint density at radius 3 is 2.19 bits per heavy atom. The predicted octanol–water partition coefficient (Wildman–Crippen LogP) is 6.02. The molecule has 4 aromatic rings. The standard InChI is InChI=1S/C36H37FN4O6S/c37-33-22-11-10-15-28(33)25-39(34(23-27-13-4-1-5-14-27)36(43)38-29-16-6-2-7-17-29)35(42)26-40(30-18-12-19-31(24-30)41(44)45)48(46,47)32-20-8-3-9-21-32/h1,3-5,8-15,18-22,24,29,34H,2,6-7,16-17,23,25-26H2,(H,38,43). The highest BCUT2D eigenvalue weighted by Gasteiger charge is 2.36. The Hall–Kier alpha value is -5.10. The first-order valence-corrected chi connectivity index (χ1v) is 17.3. The Balaban J connectivity index is 1.59. The molecule has 10 nitrogen and oxygen atoms in total. The van der Waals surface area contributed by atoms with Gasteiger partial charge in [0.1, 0.15) is 18.4 Å². The second kappa shape index (κ2) is 15.7. The van der Waals surface area contributed by atoms with Crippen molar-refractivity contribution in [2.24, 2.45) is 0 Å². The highest BCUT2D eigenvalue weighted by molar-refractivity contribution is 7.92. The highest BCUT2D eigenvalue weighted by Crippen LogP contribution is 2.28. The molecule has 0 heterocycles. The number of nitro groups is 1. The first kappa shape index (κ1) is 34.2. The van der Waals surface area contributed by atoms with E-state index >= 15 is 4.39 Å². The molecule has 250 valence electrons. The highest BCUT2D eigenvalue weighted by atomic mass is 32.2. The number of nitro benzene ring substituents is 1. The van der Waals surface area contributed by atoms with Gasteiger partial charge in [-0.2, -0.15) is 0 Å². The molecule has 4 aromatic carbocycles. The summed E-state index contributed by atoms with van der Waals surface area (Å²) in [7, 11) is -4.45. The van der Waals surface area contributed by atoms with Crippen LogP contribution in [0.2, 0.25) is 0 Å². The van der Waals surface area contributed by atoms with E-state index in [9.17, 15) is 28.1 Å². The van der Waals surface area contributed by atoms with Crippen LogP contribution in [0, 0.1) is 15.9 Å². The lowest BCUT2D eigenvalue weighted by atomic mass is 9.94. The molecule has 0 saturated heterocycles. The lowest BCUT2D eigenvalue weighted by molar-refractivity contribution is -0.384. The largest absolute Gasteiger partial charge is 0.352 e. The number of hydrogen-bond acceptors (Lipinski definition) is 6. The van der Waals surface area contributed by atoms with Gasteiger partial charge < -0.3 is 10.2 Å². The lowest BCUT2D eigenvalue weighted by Crippen LogP contribution is -2.55. The van der Waals surface area contributed by atoms with E-state index in [0.29, 0.717) is 0 Å². The molecule has 0 aromatic heterocycles. The van der Waals surface area contributed by atoms with Gasteiger partial charge in [0, 0.05) is 36.7 Å². The monoisotopic (exact) mass is 672 g/mol. The van der Waals surface area contributed by atoms with E-state index in [-0.39, 0.29) is 40.8 Å². The summed E-state index contributed by atoms with van der Waals surface area (Å²) < 4.78 is 44.1. The number of anilines is 1. The fourth-order valence-corrected chi connectivity index (χ4v) is 7.35. The van der Waals surface area contributed by atoms with Gasteiger partial charge in [-0.1, -0.05) is 92.1 Å². The van der Waals surface area contributed by atoms with Crippen LogP contribution in [0.4, 0.5) is 15.8 Å². The maximum atomic E-state index is 15.1. The van der Waals surface area contributed by atoms with Crippen LogP contribution in [-0.4, -0.2) is 48.7 Å². The quantitative estimate of drug-likeness (QED) is 0.137. The van der Waals surface area contributed by atoms with E-state index in [4.69, 9.17) is 0 Å². The van der Waals surface area contributed by atoms with Crippen LogP contribution in [-0.2, 0) is 32.6 Å². The fraction of sp³-hybridized carbons (Fsp3) is 0.278. The van der Waals surface area contributed by atoms with Crippen molar-refractivity contribution in [3.8, 4) is 0 Å². The minimum Gasteiger partial charge on any atom is -0.352 e. The Morgan fingerprint density at radius 1 is 0.875 bits per heavy atom. The molecule has 0 radical (unpaired) electrons. The first-order chi connectivity index (χ1) is 23.1. The van der Waals surface area contributed by atoms with Crippen molar-refractivity contribution in [3.05, 3.63) is 136 Å². The number of nitrogens with zero attached hydrogens (tertiary/aromatic N) is 3. The fourth-order valence-electron chi connectivity index (χ4n) is 5.92. The van der Waals surface area contributed by atoms with Crippen molar-refractivity contribution in [3.63, 3.8) is 0 Å². The van der Waals surface area contributed by atoms with Gasteiger partial charge in [0.15, 0.2) is 0 Å². The molecule has 5 rings (SSSR count). The van der Waals surface area contributed by atoms with Gasteiger partial charge in [-0.25, -0.2) is 12.8 Å². The van der Waals surface area contributed by atoms with Crippen LogP contribution in [0.1, 0.15) is 43.2 Å². The zero-order valence-corrected chi connectivity index (χ0v) is 27.1. The van der Waals surface area contributed by atoms with Gasteiger partial charge in [-0.05, 0) is 42.7 Å². The molecule has 2 amide bonds. The number of rotatable bonds is 13. The van der Waals surface area contributed by atoms with Gasteiger partial charge in [-0.15, -0.1) is 0 Å². The molecular weight excluding hydrogens is 635 g/mol. The SMILES string of the molecule is O=C(NC1CCCCC1)C(Cc1ccccc1)N(Cc1ccccc1F)C(=O)CN(c1cccc([N+](=O)[O-])c1)S(=O)(=O)c1ccccc1. The van der Waals surface area contributed by atoms with Crippen LogP contribution in [0.3, 0.4) is 0 Å². The van der Waals surface area contributed by atoms with Gasteiger partial charge >= 0.3 is 0 Å². The second-order valence-electron chi connectivity index (χ2n) is 11.8. The summed E-state index contributed by atoms with van der Waals surface area (Å²) in [5, 5.41) is 14.7. The zero-order valence-electron chi connectivity index (χ0n) is 26.3. The summed E-state index contributed by atoms with van der Waals surface area (Å²) >= 11 is 0. The molecule has 48 heavy (non-hydrogen) atoms. The van der Waals surface area contributed by atoms with Gasteiger partial charge in [0.05, 0.1) is 15.5 Å². The van der Waals surface area contributed by atoms with Gasteiger partial charge in [0.2, 0.25) is 11.8 Å². The number of benzene rings is 4. The Labute approximate surface area is 279 Å². The predicted molar refractivity (Wildman–Crippen MR) is 180 cm³/mol. The molecule has 1 atom stereocenters. The molecule has 1 fully saturated rings. The topological polar surface area (TPSA) is 130 Å². The third kappa shape index (κ3) is 8.43. The van der Waals surface area contributed by atoms with E-state index < -0.39 is 45.2 Å². The summed E-state index contributed by atoms with van der Waals surface area (Å²) in [6.45, 7) is -1.13. The minimum absolute atomic E-state index is 0.0851. The maximum Gasteiger partial charge on any atom is 0.271 e. The van der Waals surface area contributed by atoms with Crippen molar-refractivity contribution in [2.45, 2.75) is 62.0 Å². The number of hydrogen-bond donors (Lipinski definition) is 1. The molecule has 1 N–H and O–H groups in total. The van der Waals surface area contributed by atoms with Crippen molar-refractivity contribution >= 4 is 33.2 Å².